The van der Waals surface area contributed by atoms with Crippen molar-refractivity contribution in [2.24, 2.45) is 11.3 Å². The summed E-state index contributed by atoms with van der Waals surface area (Å²) in [7, 11) is 0. The zero-order valence-corrected chi connectivity index (χ0v) is 10.9. The Morgan fingerprint density at radius 3 is 2.69 bits per heavy atom. The molecule has 0 saturated heterocycles. The zero-order chi connectivity index (χ0) is 11.9. The van der Waals surface area contributed by atoms with Crippen molar-refractivity contribution in [3.8, 4) is 6.07 Å². The van der Waals surface area contributed by atoms with Crippen molar-refractivity contribution in [2.45, 2.75) is 40.0 Å². The lowest BCUT2D eigenvalue weighted by atomic mass is 9.72. The number of nitrogens with zero attached hydrogens (tertiary/aromatic N) is 1. The second kappa shape index (κ2) is 3.78. The van der Waals surface area contributed by atoms with Gasteiger partial charge < -0.3 is 5.73 Å². The van der Waals surface area contributed by atoms with Crippen molar-refractivity contribution >= 4 is 16.3 Å². The van der Waals surface area contributed by atoms with E-state index in [0.29, 0.717) is 16.3 Å². The van der Waals surface area contributed by atoms with Crippen LogP contribution >= 0.6 is 11.3 Å². The largest absolute Gasteiger partial charge is 0.389 e. The summed E-state index contributed by atoms with van der Waals surface area (Å²) in [4.78, 5) is 1.35. The van der Waals surface area contributed by atoms with Crippen LogP contribution < -0.4 is 5.73 Å². The number of hydrogen-bond acceptors (Lipinski definition) is 3. The van der Waals surface area contributed by atoms with Gasteiger partial charge in [0.25, 0.3) is 0 Å². The Balaban J connectivity index is 2.33. The number of nitriles is 1. The highest BCUT2D eigenvalue weighted by atomic mass is 32.1. The van der Waals surface area contributed by atoms with E-state index < -0.39 is 0 Å². The molecule has 1 aliphatic carbocycles. The third kappa shape index (κ3) is 1.82. The van der Waals surface area contributed by atoms with Gasteiger partial charge in [0.1, 0.15) is 11.1 Å². The minimum atomic E-state index is 0.350. The Labute approximate surface area is 101 Å². The number of rotatable bonds is 0. The van der Waals surface area contributed by atoms with E-state index in [1.54, 1.807) is 11.3 Å². The molecule has 1 aliphatic rings. The molecule has 86 valence electrons. The predicted molar refractivity (Wildman–Crippen MR) is 68.4 cm³/mol. The van der Waals surface area contributed by atoms with Crippen LogP contribution in [0.4, 0.5) is 5.00 Å². The molecule has 2 N–H and O–H groups in total. The van der Waals surface area contributed by atoms with Crippen LogP contribution in [0, 0.1) is 22.7 Å². The summed E-state index contributed by atoms with van der Waals surface area (Å²) in [5.41, 5.74) is 8.20. The molecule has 2 nitrogen and oxygen atoms in total. The third-order valence-corrected chi connectivity index (χ3v) is 4.71. The van der Waals surface area contributed by atoms with Crippen molar-refractivity contribution in [3.05, 3.63) is 16.0 Å². The van der Waals surface area contributed by atoms with Gasteiger partial charge in [-0.25, -0.2) is 0 Å². The van der Waals surface area contributed by atoms with E-state index in [1.807, 2.05) is 0 Å². The lowest BCUT2D eigenvalue weighted by molar-refractivity contribution is 0.218. The van der Waals surface area contributed by atoms with Gasteiger partial charge in [-0.05, 0) is 36.2 Å². The highest BCUT2D eigenvalue weighted by molar-refractivity contribution is 7.16. The van der Waals surface area contributed by atoms with E-state index in [-0.39, 0.29) is 0 Å². The molecule has 0 bridgehead atoms. The number of fused-ring (bicyclic) bond motifs is 1. The minimum absolute atomic E-state index is 0.350. The first-order chi connectivity index (χ1) is 7.43. The SMILES string of the molecule is CC(C)(C)[C@H]1CCc2c(sc(N)c2C#N)C1. The molecule has 3 heteroatoms. The molecule has 0 unspecified atom stereocenters. The topological polar surface area (TPSA) is 49.8 Å². The van der Waals surface area contributed by atoms with Crippen LogP contribution in [0.2, 0.25) is 0 Å². The fourth-order valence-corrected chi connectivity index (χ4v) is 3.62. The zero-order valence-electron chi connectivity index (χ0n) is 10.1. The molecule has 0 fully saturated rings. The summed E-state index contributed by atoms with van der Waals surface area (Å²) in [5, 5.41) is 9.78. The first-order valence-electron chi connectivity index (χ1n) is 5.73. The summed E-state index contributed by atoms with van der Waals surface area (Å²) < 4.78 is 0. The Bertz CT molecular complexity index is 446. The second-order valence-corrected chi connectivity index (χ2v) is 6.80. The van der Waals surface area contributed by atoms with Crippen LogP contribution in [0.3, 0.4) is 0 Å². The molecule has 1 aromatic heterocycles. The van der Waals surface area contributed by atoms with Crippen molar-refractivity contribution in [1.82, 2.24) is 0 Å². The smallest absolute Gasteiger partial charge is 0.104 e. The molecule has 0 saturated carbocycles. The van der Waals surface area contributed by atoms with Gasteiger partial charge in [0.2, 0.25) is 0 Å². The van der Waals surface area contributed by atoms with Gasteiger partial charge in [-0.3, -0.25) is 0 Å². The first-order valence-corrected chi connectivity index (χ1v) is 6.55. The fourth-order valence-electron chi connectivity index (χ4n) is 2.47. The van der Waals surface area contributed by atoms with Gasteiger partial charge in [0, 0.05) is 4.88 Å². The highest BCUT2D eigenvalue weighted by Gasteiger charge is 2.31. The molecule has 1 heterocycles. The third-order valence-electron chi connectivity index (χ3n) is 3.63. The van der Waals surface area contributed by atoms with E-state index >= 15 is 0 Å². The fraction of sp³-hybridized carbons (Fsp3) is 0.615. The van der Waals surface area contributed by atoms with E-state index in [1.165, 1.54) is 16.9 Å². The van der Waals surface area contributed by atoms with E-state index in [4.69, 9.17) is 11.0 Å². The molecule has 1 atom stereocenters. The van der Waals surface area contributed by atoms with Crippen molar-refractivity contribution < 1.29 is 0 Å². The van der Waals surface area contributed by atoms with Gasteiger partial charge in [-0.1, -0.05) is 20.8 Å². The van der Waals surface area contributed by atoms with E-state index in [2.05, 4.69) is 26.8 Å². The maximum Gasteiger partial charge on any atom is 0.104 e. The molecule has 0 radical (unpaired) electrons. The Kier molecular flexibility index (Phi) is 2.71. The number of hydrogen-bond donors (Lipinski definition) is 1. The van der Waals surface area contributed by atoms with Crippen molar-refractivity contribution in [2.75, 3.05) is 5.73 Å². The van der Waals surface area contributed by atoms with Crippen LogP contribution in [0.15, 0.2) is 0 Å². The van der Waals surface area contributed by atoms with Crippen LogP contribution in [0.25, 0.3) is 0 Å². The van der Waals surface area contributed by atoms with Crippen LogP contribution in [-0.2, 0) is 12.8 Å². The molecular formula is C13H18N2S. The Morgan fingerprint density at radius 1 is 1.44 bits per heavy atom. The molecule has 0 amide bonds. The highest BCUT2D eigenvalue weighted by Crippen LogP contribution is 2.42. The Hall–Kier alpha value is -1.01. The van der Waals surface area contributed by atoms with Gasteiger partial charge in [0.05, 0.1) is 5.56 Å². The molecule has 0 aliphatic heterocycles. The average molecular weight is 234 g/mol. The second-order valence-electron chi connectivity index (χ2n) is 5.66. The number of thiophene rings is 1. The quantitative estimate of drug-likeness (QED) is 0.748. The Morgan fingerprint density at radius 2 is 2.12 bits per heavy atom. The summed E-state index contributed by atoms with van der Waals surface area (Å²) in [5.74, 6) is 0.713. The summed E-state index contributed by atoms with van der Waals surface area (Å²) in [6.45, 7) is 6.89. The summed E-state index contributed by atoms with van der Waals surface area (Å²) in [6, 6.07) is 2.24. The summed E-state index contributed by atoms with van der Waals surface area (Å²) >= 11 is 1.62. The molecular weight excluding hydrogens is 216 g/mol. The average Bonchev–Trinajstić information content (AvgIpc) is 2.50. The number of nitrogens with two attached hydrogens (primary N) is 1. The maximum atomic E-state index is 9.07. The molecule has 16 heavy (non-hydrogen) atoms. The van der Waals surface area contributed by atoms with Crippen LogP contribution in [0.5, 0.6) is 0 Å². The monoisotopic (exact) mass is 234 g/mol. The van der Waals surface area contributed by atoms with Gasteiger partial charge >= 0.3 is 0 Å². The van der Waals surface area contributed by atoms with Crippen LogP contribution in [0.1, 0.15) is 43.2 Å². The number of anilines is 1. The van der Waals surface area contributed by atoms with Crippen molar-refractivity contribution in [1.29, 1.82) is 5.26 Å². The van der Waals surface area contributed by atoms with Gasteiger partial charge in [-0.15, -0.1) is 11.3 Å². The first kappa shape index (κ1) is 11.5. The maximum absolute atomic E-state index is 9.07. The molecule has 0 aromatic carbocycles. The lowest BCUT2D eigenvalue weighted by Crippen LogP contribution is -2.26. The van der Waals surface area contributed by atoms with Crippen molar-refractivity contribution in [3.63, 3.8) is 0 Å². The predicted octanol–water partition coefficient (Wildman–Crippen LogP) is 3.35. The molecule has 2 rings (SSSR count). The van der Waals surface area contributed by atoms with Gasteiger partial charge in [-0.2, -0.15) is 5.26 Å². The number of nitrogen functional groups attached to an aromatic ring is 1. The van der Waals surface area contributed by atoms with E-state index in [0.717, 1.165) is 18.4 Å². The standard InChI is InChI=1S/C13H18N2S/c1-13(2,3)8-4-5-9-10(7-14)12(15)16-11(9)6-8/h8H,4-6,15H2,1-3H3/t8-/m0/s1. The normalized spacial score (nSPS) is 20.2. The lowest BCUT2D eigenvalue weighted by Gasteiger charge is -2.33. The molecule has 1 aromatic rings. The van der Waals surface area contributed by atoms with E-state index in [9.17, 15) is 0 Å². The summed E-state index contributed by atoms with van der Waals surface area (Å²) in [6.07, 6.45) is 3.30. The minimum Gasteiger partial charge on any atom is -0.389 e. The van der Waals surface area contributed by atoms with Crippen LogP contribution in [-0.4, -0.2) is 0 Å². The molecule has 0 spiro atoms. The van der Waals surface area contributed by atoms with Gasteiger partial charge in [0.15, 0.2) is 0 Å².